The summed E-state index contributed by atoms with van der Waals surface area (Å²) < 4.78 is 24.2. The maximum absolute atomic E-state index is 13.2. The molecule has 2 aromatic carbocycles. The normalized spacial score (nSPS) is 10.1. The lowest BCUT2D eigenvalue weighted by atomic mass is 10.2. The Morgan fingerprint density at radius 2 is 1.84 bits per heavy atom. The van der Waals surface area contributed by atoms with E-state index in [0.29, 0.717) is 5.75 Å². The SMILES string of the molecule is COC(=O)c1cc(F)ccc1Oc1ccc(Br)cc1. The van der Waals surface area contributed by atoms with E-state index in [9.17, 15) is 9.18 Å². The quantitative estimate of drug-likeness (QED) is 0.795. The van der Waals surface area contributed by atoms with Gasteiger partial charge >= 0.3 is 5.97 Å². The zero-order valence-corrected chi connectivity index (χ0v) is 11.6. The molecule has 0 aliphatic rings. The van der Waals surface area contributed by atoms with Crippen LogP contribution in [0.5, 0.6) is 11.5 Å². The minimum absolute atomic E-state index is 0.0467. The second-order valence-corrected chi connectivity index (χ2v) is 4.60. The van der Waals surface area contributed by atoms with Crippen molar-refractivity contribution in [3.05, 3.63) is 58.3 Å². The predicted octanol–water partition coefficient (Wildman–Crippen LogP) is 4.17. The Kier molecular flexibility index (Phi) is 4.16. The lowest BCUT2D eigenvalue weighted by Gasteiger charge is -2.10. The molecule has 0 spiro atoms. The molecule has 5 heteroatoms. The molecule has 0 saturated carbocycles. The number of esters is 1. The molecule has 0 radical (unpaired) electrons. The van der Waals surface area contributed by atoms with Gasteiger partial charge in [0.2, 0.25) is 0 Å². The minimum Gasteiger partial charge on any atom is -0.465 e. The number of methoxy groups -OCH3 is 1. The fourth-order valence-corrected chi connectivity index (χ4v) is 1.75. The maximum atomic E-state index is 13.2. The summed E-state index contributed by atoms with van der Waals surface area (Å²) in [6.45, 7) is 0. The molecule has 3 nitrogen and oxygen atoms in total. The van der Waals surface area contributed by atoms with Crippen LogP contribution in [0.25, 0.3) is 0 Å². The number of benzene rings is 2. The highest BCUT2D eigenvalue weighted by atomic mass is 79.9. The van der Waals surface area contributed by atoms with Gasteiger partial charge in [-0.15, -0.1) is 0 Å². The molecule has 0 aliphatic heterocycles. The summed E-state index contributed by atoms with van der Waals surface area (Å²) in [7, 11) is 1.23. The number of rotatable bonds is 3. The predicted molar refractivity (Wildman–Crippen MR) is 72.0 cm³/mol. The van der Waals surface area contributed by atoms with E-state index in [1.807, 2.05) is 0 Å². The molecule has 0 aliphatic carbocycles. The molecule has 0 heterocycles. The van der Waals surface area contributed by atoms with Crippen molar-refractivity contribution in [2.24, 2.45) is 0 Å². The van der Waals surface area contributed by atoms with Crippen molar-refractivity contribution in [3.63, 3.8) is 0 Å². The van der Waals surface area contributed by atoms with Crippen LogP contribution in [-0.2, 0) is 4.74 Å². The van der Waals surface area contributed by atoms with E-state index in [-0.39, 0.29) is 11.3 Å². The monoisotopic (exact) mass is 324 g/mol. The van der Waals surface area contributed by atoms with Gasteiger partial charge in [-0.2, -0.15) is 0 Å². The Labute approximate surface area is 118 Å². The smallest absolute Gasteiger partial charge is 0.341 e. The number of carbonyl (C=O) groups is 1. The van der Waals surface area contributed by atoms with Crippen LogP contribution in [0.4, 0.5) is 4.39 Å². The Morgan fingerprint density at radius 1 is 1.16 bits per heavy atom. The first kappa shape index (κ1) is 13.5. The molecular formula is C14H10BrFO3. The first-order valence-corrected chi connectivity index (χ1v) is 6.21. The van der Waals surface area contributed by atoms with Crippen molar-refractivity contribution >= 4 is 21.9 Å². The molecular weight excluding hydrogens is 315 g/mol. The van der Waals surface area contributed by atoms with Crippen molar-refractivity contribution in [3.8, 4) is 11.5 Å². The second-order valence-electron chi connectivity index (χ2n) is 3.69. The Hall–Kier alpha value is -1.88. The first-order chi connectivity index (χ1) is 9.10. The third-order valence-corrected chi connectivity index (χ3v) is 2.92. The van der Waals surface area contributed by atoms with Gasteiger partial charge in [-0.05, 0) is 42.5 Å². The number of carbonyl (C=O) groups excluding carboxylic acids is 1. The van der Waals surface area contributed by atoms with Gasteiger partial charge in [0, 0.05) is 4.47 Å². The number of halogens is 2. The number of hydrogen-bond donors (Lipinski definition) is 0. The number of hydrogen-bond acceptors (Lipinski definition) is 3. The fourth-order valence-electron chi connectivity index (χ4n) is 1.49. The van der Waals surface area contributed by atoms with Crippen LogP contribution < -0.4 is 4.74 Å². The lowest BCUT2D eigenvalue weighted by Crippen LogP contribution is -2.04. The molecule has 98 valence electrons. The standard InChI is InChI=1S/C14H10BrFO3/c1-18-14(17)12-8-10(16)4-7-13(12)19-11-5-2-9(15)3-6-11/h2-8H,1H3. The van der Waals surface area contributed by atoms with Gasteiger partial charge in [0.1, 0.15) is 22.9 Å². The Bertz CT molecular complexity index is 596. The van der Waals surface area contributed by atoms with Crippen LogP contribution in [0.15, 0.2) is 46.9 Å². The summed E-state index contributed by atoms with van der Waals surface area (Å²) in [4.78, 5) is 11.6. The lowest BCUT2D eigenvalue weighted by molar-refractivity contribution is 0.0597. The van der Waals surface area contributed by atoms with Gasteiger partial charge in [0.05, 0.1) is 7.11 Å². The maximum Gasteiger partial charge on any atom is 0.341 e. The summed E-state index contributed by atoms with van der Waals surface area (Å²) in [6.07, 6.45) is 0. The molecule has 2 aromatic rings. The second kappa shape index (κ2) is 5.84. The topological polar surface area (TPSA) is 35.5 Å². The van der Waals surface area contributed by atoms with Crippen LogP contribution in [0.3, 0.4) is 0 Å². The van der Waals surface area contributed by atoms with E-state index in [1.54, 1.807) is 24.3 Å². The van der Waals surface area contributed by atoms with Crippen LogP contribution in [0.2, 0.25) is 0 Å². The zero-order valence-electron chi connectivity index (χ0n) is 10.0. The van der Waals surface area contributed by atoms with E-state index < -0.39 is 11.8 Å². The highest BCUT2D eigenvalue weighted by Gasteiger charge is 2.14. The number of ether oxygens (including phenoxy) is 2. The molecule has 0 fully saturated rings. The van der Waals surface area contributed by atoms with Crippen molar-refractivity contribution in [2.75, 3.05) is 7.11 Å². The highest BCUT2D eigenvalue weighted by molar-refractivity contribution is 9.10. The van der Waals surface area contributed by atoms with Gasteiger partial charge < -0.3 is 9.47 Å². The van der Waals surface area contributed by atoms with Crippen molar-refractivity contribution < 1.29 is 18.7 Å². The average molecular weight is 325 g/mol. The summed E-state index contributed by atoms with van der Waals surface area (Å²) in [5, 5.41) is 0. The van der Waals surface area contributed by atoms with Crippen molar-refractivity contribution in [2.45, 2.75) is 0 Å². The highest BCUT2D eigenvalue weighted by Crippen LogP contribution is 2.27. The average Bonchev–Trinajstić information content (AvgIpc) is 2.42. The van der Waals surface area contributed by atoms with Crippen LogP contribution >= 0.6 is 15.9 Å². The van der Waals surface area contributed by atoms with Crippen molar-refractivity contribution in [1.82, 2.24) is 0 Å². The van der Waals surface area contributed by atoms with Crippen LogP contribution in [0, 0.1) is 5.82 Å². The van der Waals surface area contributed by atoms with E-state index in [1.165, 1.54) is 19.2 Å². The summed E-state index contributed by atoms with van der Waals surface area (Å²) in [5.74, 6) is -0.384. The van der Waals surface area contributed by atoms with E-state index in [2.05, 4.69) is 20.7 Å². The molecule has 0 bridgehead atoms. The van der Waals surface area contributed by atoms with E-state index in [0.717, 1.165) is 10.5 Å². The van der Waals surface area contributed by atoms with E-state index in [4.69, 9.17) is 4.74 Å². The van der Waals surface area contributed by atoms with E-state index >= 15 is 0 Å². The summed E-state index contributed by atoms with van der Waals surface area (Å²) in [5.41, 5.74) is 0.0467. The molecule has 0 saturated heterocycles. The third-order valence-electron chi connectivity index (χ3n) is 2.39. The summed E-state index contributed by atoms with van der Waals surface area (Å²) >= 11 is 3.31. The molecule has 0 amide bonds. The fraction of sp³-hybridized carbons (Fsp3) is 0.0714. The molecule has 0 N–H and O–H groups in total. The van der Waals surface area contributed by atoms with Gasteiger partial charge in [0.25, 0.3) is 0 Å². The Morgan fingerprint density at radius 3 is 2.47 bits per heavy atom. The van der Waals surface area contributed by atoms with Gasteiger partial charge in [-0.25, -0.2) is 9.18 Å². The molecule has 19 heavy (non-hydrogen) atoms. The van der Waals surface area contributed by atoms with Crippen molar-refractivity contribution in [1.29, 1.82) is 0 Å². The van der Waals surface area contributed by atoms with Gasteiger partial charge in [0.15, 0.2) is 0 Å². The zero-order chi connectivity index (χ0) is 13.8. The molecule has 0 unspecified atom stereocenters. The first-order valence-electron chi connectivity index (χ1n) is 5.41. The van der Waals surface area contributed by atoms with Gasteiger partial charge in [-0.3, -0.25) is 0 Å². The molecule has 0 aromatic heterocycles. The Balaban J connectivity index is 2.34. The summed E-state index contributed by atoms with van der Waals surface area (Å²) in [6, 6.07) is 10.8. The molecule has 2 rings (SSSR count). The largest absolute Gasteiger partial charge is 0.465 e. The van der Waals surface area contributed by atoms with Crippen LogP contribution in [0.1, 0.15) is 10.4 Å². The van der Waals surface area contributed by atoms with Gasteiger partial charge in [-0.1, -0.05) is 15.9 Å². The van der Waals surface area contributed by atoms with Crippen LogP contribution in [-0.4, -0.2) is 13.1 Å². The third kappa shape index (κ3) is 3.32. The minimum atomic E-state index is -0.647. The molecule has 0 atom stereocenters.